The Morgan fingerprint density at radius 3 is 2.37 bits per heavy atom. The number of halogens is 5. The average Bonchev–Trinajstić information content (AvgIpc) is 3.00. The Labute approximate surface area is 166 Å². The molecule has 0 aliphatic carbocycles. The lowest BCUT2D eigenvalue weighted by atomic mass is 9.97. The van der Waals surface area contributed by atoms with E-state index < -0.39 is 23.9 Å². The van der Waals surface area contributed by atoms with Crippen molar-refractivity contribution in [3.8, 4) is 22.6 Å². The van der Waals surface area contributed by atoms with Crippen molar-refractivity contribution >= 4 is 11.6 Å². The molecule has 0 spiro atoms. The number of rotatable bonds is 3. The normalized spacial score (nSPS) is 14.4. The third kappa shape index (κ3) is 3.91. The van der Waals surface area contributed by atoms with Crippen LogP contribution in [0.4, 0.5) is 27.6 Å². The Balaban J connectivity index is 1.63. The number of hydrogen-bond acceptors (Lipinski definition) is 3. The van der Waals surface area contributed by atoms with Crippen molar-refractivity contribution < 1.29 is 36.2 Å². The van der Waals surface area contributed by atoms with Crippen LogP contribution in [0.5, 0.6) is 11.5 Å². The molecule has 4 nitrogen and oxygen atoms in total. The molecule has 1 aliphatic heterocycles. The Hall–Kier alpha value is -3.62. The van der Waals surface area contributed by atoms with Gasteiger partial charge in [0.15, 0.2) is 11.5 Å². The summed E-state index contributed by atoms with van der Waals surface area (Å²) in [6.45, 7) is 0. The number of fused-ring (bicyclic) bond motifs is 1. The molecule has 0 atom stereocenters. The van der Waals surface area contributed by atoms with Gasteiger partial charge in [0, 0.05) is 17.3 Å². The van der Waals surface area contributed by atoms with Crippen LogP contribution in [0, 0.1) is 0 Å². The van der Waals surface area contributed by atoms with Gasteiger partial charge in [0.05, 0.1) is 5.56 Å². The highest BCUT2D eigenvalue weighted by atomic mass is 19.4. The fraction of sp³-hybridized carbons (Fsp3) is 0.0952. The van der Waals surface area contributed by atoms with E-state index in [1.807, 2.05) is 0 Å². The minimum atomic E-state index is -4.53. The summed E-state index contributed by atoms with van der Waals surface area (Å²) in [5.41, 5.74) is -0.0834. The fourth-order valence-electron chi connectivity index (χ4n) is 3.02. The maximum Gasteiger partial charge on any atom is 0.586 e. The monoisotopic (exact) mass is 421 g/mol. The van der Waals surface area contributed by atoms with Crippen LogP contribution in [0.15, 0.2) is 66.7 Å². The Kier molecular flexibility index (Phi) is 4.60. The third-order valence-corrected chi connectivity index (χ3v) is 4.33. The molecule has 0 saturated carbocycles. The van der Waals surface area contributed by atoms with E-state index in [4.69, 9.17) is 0 Å². The van der Waals surface area contributed by atoms with Gasteiger partial charge in [0.2, 0.25) is 0 Å². The van der Waals surface area contributed by atoms with E-state index in [9.17, 15) is 26.7 Å². The zero-order chi connectivity index (χ0) is 21.5. The molecule has 1 heterocycles. The molecular weight excluding hydrogens is 409 g/mol. The van der Waals surface area contributed by atoms with Gasteiger partial charge in [-0.15, -0.1) is 8.78 Å². The molecule has 0 radical (unpaired) electrons. The molecule has 4 rings (SSSR count). The number of benzene rings is 3. The summed E-state index contributed by atoms with van der Waals surface area (Å²) >= 11 is 0. The van der Waals surface area contributed by atoms with Gasteiger partial charge in [0.25, 0.3) is 5.91 Å². The lowest BCUT2D eigenvalue weighted by Crippen LogP contribution is -2.25. The largest absolute Gasteiger partial charge is 0.586 e. The van der Waals surface area contributed by atoms with E-state index in [0.717, 1.165) is 12.1 Å². The number of amides is 1. The highest BCUT2D eigenvalue weighted by Gasteiger charge is 2.43. The Morgan fingerprint density at radius 2 is 1.60 bits per heavy atom. The lowest BCUT2D eigenvalue weighted by Gasteiger charge is -2.13. The minimum absolute atomic E-state index is 0.111. The zero-order valence-corrected chi connectivity index (χ0v) is 15.0. The summed E-state index contributed by atoms with van der Waals surface area (Å²) in [6.07, 6.45) is -8.32. The van der Waals surface area contributed by atoms with Crippen molar-refractivity contribution in [3.05, 3.63) is 77.9 Å². The fourth-order valence-corrected chi connectivity index (χ4v) is 3.02. The first-order valence-corrected chi connectivity index (χ1v) is 8.60. The van der Waals surface area contributed by atoms with Crippen LogP contribution in [0.1, 0.15) is 15.9 Å². The summed E-state index contributed by atoms with van der Waals surface area (Å²) in [6, 6.07) is 14.5. The second kappa shape index (κ2) is 7.01. The molecule has 30 heavy (non-hydrogen) atoms. The topological polar surface area (TPSA) is 47.6 Å². The van der Waals surface area contributed by atoms with E-state index >= 15 is 0 Å². The maximum absolute atomic E-state index is 13.1. The number of alkyl halides is 5. The zero-order valence-electron chi connectivity index (χ0n) is 15.0. The molecule has 154 valence electrons. The Morgan fingerprint density at radius 1 is 0.867 bits per heavy atom. The Bertz CT molecular complexity index is 1130. The molecule has 1 amide bonds. The van der Waals surface area contributed by atoms with E-state index in [0.29, 0.717) is 0 Å². The molecule has 9 heteroatoms. The average molecular weight is 421 g/mol. The summed E-state index contributed by atoms with van der Waals surface area (Å²) in [4.78, 5) is 12.8. The molecule has 0 bridgehead atoms. The van der Waals surface area contributed by atoms with E-state index in [-0.39, 0.29) is 33.9 Å². The number of hydrogen-bond donors (Lipinski definition) is 1. The number of carbonyl (C=O) groups excluding carboxylic acids is 1. The van der Waals surface area contributed by atoms with E-state index in [2.05, 4.69) is 14.8 Å². The van der Waals surface area contributed by atoms with Crippen LogP contribution in [-0.4, -0.2) is 12.2 Å². The summed E-state index contributed by atoms with van der Waals surface area (Å²) < 4.78 is 74.0. The van der Waals surface area contributed by atoms with Gasteiger partial charge < -0.3 is 14.8 Å². The lowest BCUT2D eigenvalue weighted by molar-refractivity contribution is -0.286. The number of ether oxygens (including phenoxy) is 2. The van der Waals surface area contributed by atoms with Gasteiger partial charge in [-0.3, -0.25) is 4.79 Å². The van der Waals surface area contributed by atoms with Gasteiger partial charge in [-0.25, -0.2) is 0 Å². The molecule has 0 saturated heterocycles. The molecule has 1 N–H and O–H groups in total. The molecule has 0 fully saturated rings. The summed E-state index contributed by atoms with van der Waals surface area (Å²) in [5.74, 6) is -1.06. The van der Waals surface area contributed by atoms with Gasteiger partial charge in [0.1, 0.15) is 0 Å². The van der Waals surface area contributed by atoms with Crippen LogP contribution in [0.25, 0.3) is 11.1 Å². The van der Waals surface area contributed by atoms with Crippen molar-refractivity contribution in [1.29, 1.82) is 0 Å². The van der Waals surface area contributed by atoms with Gasteiger partial charge in [-0.05, 0) is 41.5 Å². The molecular formula is C21H12F5NO3. The van der Waals surface area contributed by atoms with Gasteiger partial charge in [-0.1, -0.05) is 30.3 Å². The first-order chi connectivity index (χ1) is 14.1. The first kappa shape index (κ1) is 19.7. The molecule has 3 aromatic carbocycles. The van der Waals surface area contributed by atoms with Crippen molar-refractivity contribution in [2.45, 2.75) is 12.5 Å². The predicted octanol–water partition coefficient (Wildman–Crippen LogP) is 5.95. The van der Waals surface area contributed by atoms with Crippen LogP contribution in [0.3, 0.4) is 0 Å². The van der Waals surface area contributed by atoms with Gasteiger partial charge >= 0.3 is 12.5 Å². The van der Waals surface area contributed by atoms with Crippen molar-refractivity contribution in [3.63, 3.8) is 0 Å². The van der Waals surface area contributed by atoms with Crippen molar-refractivity contribution in [2.24, 2.45) is 0 Å². The summed E-state index contributed by atoms with van der Waals surface area (Å²) in [5, 5.41) is 2.53. The second-order valence-electron chi connectivity index (χ2n) is 6.41. The second-order valence-corrected chi connectivity index (χ2v) is 6.41. The van der Waals surface area contributed by atoms with Crippen LogP contribution < -0.4 is 14.8 Å². The summed E-state index contributed by atoms with van der Waals surface area (Å²) in [7, 11) is 0. The first-order valence-electron chi connectivity index (χ1n) is 8.60. The molecule has 3 aromatic rings. The highest BCUT2D eigenvalue weighted by molar-refractivity contribution is 6.08. The molecule has 1 aliphatic rings. The van der Waals surface area contributed by atoms with E-state index in [1.54, 1.807) is 12.1 Å². The van der Waals surface area contributed by atoms with Crippen molar-refractivity contribution in [1.82, 2.24) is 0 Å². The van der Waals surface area contributed by atoms with Crippen molar-refractivity contribution in [2.75, 3.05) is 5.32 Å². The highest BCUT2D eigenvalue weighted by Crippen LogP contribution is 2.42. The number of carbonyl (C=O) groups is 1. The smallest absolute Gasteiger partial charge is 0.395 e. The third-order valence-electron chi connectivity index (χ3n) is 4.33. The standard InChI is InChI=1S/C21H12F5NO3/c22-20(23,24)13-5-3-4-12(10-13)15-6-1-2-7-16(15)19(28)27-14-8-9-17-18(11-14)30-21(25,26)29-17/h1-11H,(H,27,28). The minimum Gasteiger partial charge on any atom is -0.395 e. The maximum atomic E-state index is 13.1. The number of anilines is 1. The molecule has 0 aromatic heterocycles. The van der Waals surface area contributed by atoms with Crippen LogP contribution in [0.2, 0.25) is 0 Å². The SMILES string of the molecule is O=C(Nc1ccc2c(c1)OC(F)(F)O2)c1ccccc1-c1cccc(C(F)(F)F)c1. The number of nitrogens with one attached hydrogen (secondary N) is 1. The van der Waals surface area contributed by atoms with Crippen LogP contribution in [-0.2, 0) is 6.18 Å². The molecule has 0 unspecified atom stereocenters. The van der Waals surface area contributed by atoms with Gasteiger partial charge in [-0.2, -0.15) is 13.2 Å². The predicted molar refractivity (Wildman–Crippen MR) is 97.5 cm³/mol. The van der Waals surface area contributed by atoms with E-state index in [1.165, 1.54) is 42.5 Å². The quantitative estimate of drug-likeness (QED) is 0.532. The van der Waals surface area contributed by atoms with Crippen LogP contribution >= 0.6 is 0 Å².